The number of methoxy groups -OCH3 is 1. The van der Waals surface area contributed by atoms with E-state index in [2.05, 4.69) is 5.10 Å². The zero-order valence-corrected chi connectivity index (χ0v) is 18.7. The number of carboxylic acids is 1. The third-order valence-electron chi connectivity index (χ3n) is 4.91. The lowest BCUT2D eigenvalue weighted by Crippen LogP contribution is -2.26. The van der Waals surface area contributed by atoms with Gasteiger partial charge in [0.25, 0.3) is 5.91 Å². The molecule has 0 aromatic heterocycles. The number of para-hydroxylation sites is 2. The number of hydrazone groups is 1. The van der Waals surface area contributed by atoms with Crippen LogP contribution < -0.4 is 9.47 Å². The summed E-state index contributed by atoms with van der Waals surface area (Å²) in [7, 11) is 1.41. The van der Waals surface area contributed by atoms with Crippen LogP contribution in [0.15, 0.2) is 71.8 Å². The van der Waals surface area contributed by atoms with Gasteiger partial charge in [-0.15, -0.1) is 0 Å². The summed E-state index contributed by atoms with van der Waals surface area (Å²) in [5.41, 5.74) is 1.15. The molecule has 1 atom stereocenters. The Morgan fingerprint density at radius 3 is 2.50 bits per heavy atom. The quantitative estimate of drug-likeness (QED) is 0.518. The van der Waals surface area contributed by atoms with Gasteiger partial charge in [0.05, 0.1) is 12.7 Å². The molecule has 0 fully saturated rings. The van der Waals surface area contributed by atoms with E-state index in [1.165, 1.54) is 48.1 Å². The molecule has 0 spiro atoms. The molecule has 0 aliphatic carbocycles. The summed E-state index contributed by atoms with van der Waals surface area (Å²) in [6.45, 7) is -0.574. The van der Waals surface area contributed by atoms with E-state index in [1.807, 2.05) is 0 Å². The normalized spacial score (nSPS) is 15.1. The number of aliphatic carboxylic acids is 1. The summed E-state index contributed by atoms with van der Waals surface area (Å²) >= 11 is 1.22. The van der Waals surface area contributed by atoms with Gasteiger partial charge in [0.1, 0.15) is 22.0 Å². The molecule has 1 aliphatic rings. The Balaban J connectivity index is 1.78. The fourth-order valence-corrected chi connectivity index (χ4v) is 4.55. The van der Waals surface area contributed by atoms with Crippen molar-refractivity contribution in [3.05, 3.63) is 89.2 Å². The molecule has 0 saturated heterocycles. The van der Waals surface area contributed by atoms with Crippen molar-refractivity contribution in [1.82, 2.24) is 5.01 Å². The van der Waals surface area contributed by atoms with Gasteiger partial charge >= 0.3 is 5.97 Å². The number of phenolic OH excluding ortho intramolecular Hbond substituents is 1. The van der Waals surface area contributed by atoms with E-state index in [4.69, 9.17) is 14.6 Å². The second-order valence-corrected chi connectivity index (χ2v) is 8.18. The first-order valence-corrected chi connectivity index (χ1v) is 10.9. The number of thioether (sulfide) groups is 1. The molecule has 0 saturated carbocycles. The van der Waals surface area contributed by atoms with Crippen LogP contribution in [0.4, 0.5) is 4.39 Å². The van der Waals surface area contributed by atoms with Crippen LogP contribution in [0.1, 0.15) is 26.9 Å². The monoisotopic (exact) mass is 482 g/mol. The van der Waals surface area contributed by atoms with Crippen molar-refractivity contribution in [2.24, 2.45) is 5.10 Å². The lowest BCUT2D eigenvalue weighted by molar-refractivity contribution is -0.139. The van der Waals surface area contributed by atoms with Crippen LogP contribution in [-0.4, -0.2) is 45.9 Å². The summed E-state index contributed by atoms with van der Waals surface area (Å²) in [6.07, 6.45) is 0. The van der Waals surface area contributed by atoms with Gasteiger partial charge in [-0.1, -0.05) is 36.0 Å². The van der Waals surface area contributed by atoms with Crippen LogP contribution in [-0.2, 0) is 4.79 Å². The molecule has 1 aliphatic heterocycles. The number of halogens is 1. The average Bonchev–Trinajstić information content (AvgIpc) is 3.28. The molecule has 1 unspecified atom stereocenters. The predicted octanol–water partition coefficient (Wildman–Crippen LogP) is 4.25. The van der Waals surface area contributed by atoms with Crippen molar-refractivity contribution in [3.8, 4) is 17.2 Å². The first-order chi connectivity index (χ1) is 16.4. The van der Waals surface area contributed by atoms with E-state index in [1.54, 1.807) is 42.5 Å². The number of carbonyl (C=O) groups excluding carboxylic acids is 1. The molecular formula is C24H19FN2O6S. The summed E-state index contributed by atoms with van der Waals surface area (Å²) in [6, 6.07) is 16.7. The van der Waals surface area contributed by atoms with Gasteiger partial charge in [0.15, 0.2) is 18.1 Å². The number of hydrogen-bond donors (Lipinski definition) is 2. The highest BCUT2D eigenvalue weighted by Crippen LogP contribution is 2.47. The molecule has 34 heavy (non-hydrogen) atoms. The highest BCUT2D eigenvalue weighted by Gasteiger charge is 2.37. The molecule has 0 bridgehead atoms. The summed E-state index contributed by atoms with van der Waals surface area (Å²) in [5.74, 6) is -1.89. The Morgan fingerprint density at radius 1 is 1.09 bits per heavy atom. The van der Waals surface area contributed by atoms with E-state index >= 15 is 0 Å². The number of ether oxygens (including phenoxy) is 2. The van der Waals surface area contributed by atoms with E-state index < -0.39 is 29.7 Å². The van der Waals surface area contributed by atoms with Crippen molar-refractivity contribution < 1.29 is 33.7 Å². The van der Waals surface area contributed by atoms with Gasteiger partial charge in [-0.2, -0.15) is 5.10 Å². The highest BCUT2D eigenvalue weighted by molar-refractivity contribution is 8.14. The van der Waals surface area contributed by atoms with E-state index in [0.29, 0.717) is 16.2 Å². The van der Waals surface area contributed by atoms with Crippen molar-refractivity contribution >= 4 is 28.7 Å². The largest absolute Gasteiger partial charge is 0.507 e. The minimum absolute atomic E-state index is 0.0504. The SMILES string of the molecule is COc1c(OCC(=O)O)cccc1C1SC(c2ccc(F)cc2)=NN1C(=O)c1ccccc1O. The number of nitrogens with zero attached hydrogens (tertiary/aromatic N) is 2. The fraction of sp³-hybridized carbons (Fsp3) is 0.125. The second-order valence-electron chi connectivity index (χ2n) is 7.11. The summed E-state index contributed by atoms with van der Waals surface area (Å²) in [5, 5.41) is 24.6. The maximum atomic E-state index is 13.4. The third-order valence-corrected chi connectivity index (χ3v) is 6.13. The van der Waals surface area contributed by atoms with Crippen molar-refractivity contribution in [1.29, 1.82) is 0 Å². The first kappa shape index (κ1) is 23.1. The van der Waals surface area contributed by atoms with Crippen LogP contribution >= 0.6 is 11.8 Å². The van der Waals surface area contributed by atoms with E-state index in [9.17, 15) is 19.1 Å². The molecule has 8 nitrogen and oxygen atoms in total. The molecule has 174 valence electrons. The number of benzene rings is 3. The Bertz CT molecular complexity index is 1260. The Hall–Kier alpha value is -4.05. The van der Waals surface area contributed by atoms with Gasteiger partial charge in [-0.05, 0) is 42.5 Å². The number of carbonyl (C=O) groups is 2. The van der Waals surface area contributed by atoms with Gasteiger partial charge in [0.2, 0.25) is 0 Å². The van der Waals surface area contributed by atoms with E-state index in [0.717, 1.165) is 0 Å². The molecule has 4 rings (SSSR count). The minimum atomic E-state index is -1.15. The lowest BCUT2D eigenvalue weighted by atomic mass is 10.1. The van der Waals surface area contributed by atoms with Crippen LogP contribution in [0, 0.1) is 5.82 Å². The Labute approximate surface area is 198 Å². The number of aromatic hydroxyl groups is 1. The maximum Gasteiger partial charge on any atom is 0.341 e. The highest BCUT2D eigenvalue weighted by atomic mass is 32.2. The molecule has 0 radical (unpaired) electrons. The van der Waals surface area contributed by atoms with Crippen molar-refractivity contribution in [2.45, 2.75) is 5.37 Å². The molecule has 3 aromatic rings. The zero-order valence-electron chi connectivity index (χ0n) is 17.8. The van der Waals surface area contributed by atoms with Gasteiger partial charge in [-0.25, -0.2) is 14.2 Å². The number of carboxylic acid groups (broad SMARTS) is 1. The van der Waals surface area contributed by atoms with Crippen molar-refractivity contribution in [3.63, 3.8) is 0 Å². The number of rotatable bonds is 7. The predicted molar refractivity (Wildman–Crippen MR) is 124 cm³/mol. The standard InChI is InChI=1S/C24H19FN2O6S/c1-32-21-17(6-4-8-19(21)33-13-20(29)30)24-27(23(31)16-5-2-3-7-18(16)28)26-22(34-24)14-9-11-15(25)12-10-14/h2-12,24,28H,13H2,1H3,(H,29,30). The minimum Gasteiger partial charge on any atom is -0.507 e. The van der Waals surface area contributed by atoms with Crippen LogP contribution in [0.2, 0.25) is 0 Å². The molecule has 3 aromatic carbocycles. The average molecular weight is 482 g/mol. The van der Waals surface area contributed by atoms with Crippen LogP contribution in [0.3, 0.4) is 0 Å². The van der Waals surface area contributed by atoms with Crippen LogP contribution in [0.25, 0.3) is 0 Å². The Morgan fingerprint density at radius 2 is 1.82 bits per heavy atom. The van der Waals surface area contributed by atoms with Gasteiger partial charge < -0.3 is 19.7 Å². The van der Waals surface area contributed by atoms with Gasteiger partial charge in [-0.3, -0.25) is 4.79 Å². The second kappa shape index (κ2) is 9.84. The van der Waals surface area contributed by atoms with Crippen LogP contribution in [0.5, 0.6) is 17.2 Å². The maximum absolute atomic E-state index is 13.4. The molecule has 1 amide bonds. The summed E-state index contributed by atoms with van der Waals surface area (Å²) < 4.78 is 24.3. The molecule has 10 heteroatoms. The van der Waals surface area contributed by atoms with Gasteiger partial charge in [0, 0.05) is 11.1 Å². The zero-order chi connectivity index (χ0) is 24.2. The summed E-state index contributed by atoms with van der Waals surface area (Å²) in [4.78, 5) is 24.4. The van der Waals surface area contributed by atoms with Crippen molar-refractivity contribution in [2.75, 3.05) is 13.7 Å². The van der Waals surface area contributed by atoms with E-state index in [-0.39, 0.29) is 22.8 Å². The molecule has 1 heterocycles. The molecule has 2 N–H and O–H groups in total. The molecular weight excluding hydrogens is 463 g/mol. The first-order valence-electron chi connectivity index (χ1n) is 10.0. The smallest absolute Gasteiger partial charge is 0.341 e. The topological polar surface area (TPSA) is 109 Å². The Kier molecular flexibility index (Phi) is 6.69. The lowest BCUT2D eigenvalue weighted by Gasteiger charge is -2.24. The third kappa shape index (κ3) is 4.67. The fourth-order valence-electron chi connectivity index (χ4n) is 3.37. The number of amides is 1. The number of phenols is 1. The number of hydrogen-bond acceptors (Lipinski definition) is 7.